The van der Waals surface area contributed by atoms with Crippen molar-refractivity contribution in [3.63, 3.8) is 0 Å². The number of amides is 1. The zero-order chi connectivity index (χ0) is 20.6. The normalized spacial score (nSPS) is 14.9. The highest BCUT2D eigenvalue weighted by Gasteiger charge is 2.30. The topological polar surface area (TPSA) is 48.0 Å². The third-order valence-corrected chi connectivity index (χ3v) is 5.42. The molecular weight excluding hydrogens is 406 g/mol. The molecule has 5 nitrogen and oxygen atoms in total. The maximum atomic E-state index is 12.4. The number of nitrogens with zero attached hydrogens (tertiary/aromatic N) is 1. The molecule has 1 amide bonds. The lowest BCUT2D eigenvalue weighted by molar-refractivity contribution is -0.121. The van der Waals surface area contributed by atoms with Crippen LogP contribution in [-0.4, -0.2) is 42.0 Å². The van der Waals surface area contributed by atoms with Crippen LogP contribution in [0.15, 0.2) is 66.1 Å². The minimum Gasteiger partial charge on any atom is -0.497 e. The van der Waals surface area contributed by atoms with Gasteiger partial charge in [0, 0.05) is 6.54 Å². The lowest BCUT2D eigenvalue weighted by Gasteiger charge is -2.10. The Hall–Kier alpha value is -2.77. The SMILES string of the molecule is C=CCN1C(=O)C(=Cc2ccc(OCCOc3ccc(OC)cc3)cc2)SC1=S. The van der Waals surface area contributed by atoms with Gasteiger partial charge in [-0.1, -0.05) is 42.2 Å². The number of carbonyl (C=O) groups is 1. The van der Waals surface area contributed by atoms with Crippen LogP contribution in [-0.2, 0) is 4.79 Å². The molecule has 1 aliphatic rings. The highest BCUT2D eigenvalue weighted by Crippen LogP contribution is 2.32. The number of carbonyl (C=O) groups excluding carboxylic acids is 1. The fraction of sp³-hybridized carbons (Fsp3) is 0.182. The van der Waals surface area contributed by atoms with E-state index >= 15 is 0 Å². The second kappa shape index (κ2) is 10.1. The standard InChI is InChI=1S/C22H21NO4S2/c1-3-12-23-21(24)20(29-22(23)28)15-16-4-6-18(7-5-16)26-13-14-27-19-10-8-17(25-2)9-11-19/h3-11,15H,1,12-14H2,2H3. The maximum absolute atomic E-state index is 12.4. The Balaban J connectivity index is 1.49. The monoisotopic (exact) mass is 427 g/mol. The lowest BCUT2D eigenvalue weighted by atomic mass is 10.2. The van der Waals surface area contributed by atoms with E-state index in [2.05, 4.69) is 6.58 Å². The maximum Gasteiger partial charge on any atom is 0.266 e. The second-order valence-electron chi connectivity index (χ2n) is 6.02. The zero-order valence-electron chi connectivity index (χ0n) is 16.0. The van der Waals surface area contributed by atoms with Gasteiger partial charge in [-0.15, -0.1) is 6.58 Å². The van der Waals surface area contributed by atoms with Crippen LogP contribution in [0.3, 0.4) is 0 Å². The number of thiocarbonyl (C=S) groups is 1. The Bertz CT molecular complexity index is 907. The fourth-order valence-corrected chi connectivity index (χ4v) is 3.86. The average Bonchev–Trinajstić information content (AvgIpc) is 3.00. The second-order valence-corrected chi connectivity index (χ2v) is 7.70. The third-order valence-electron chi connectivity index (χ3n) is 4.04. The van der Waals surface area contributed by atoms with Crippen molar-refractivity contribution in [2.75, 3.05) is 26.9 Å². The molecule has 0 radical (unpaired) electrons. The first-order valence-electron chi connectivity index (χ1n) is 8.96. The van der Waals surface area contributed by atoms with Gasteiger partial charge < -0.3 is 14.2 Å². The van der Waals surface area contributed by atoms with Crippen molar-refractivity contribution in [3.05, 3.63) is 71.7 Å². The molecule has 29 heavy (non-hydrogen) atoms. The van der Waals surface area contributed by atoms with Crippen LogP contribution >= 0.6 is 24.0 Å². The molecule has 1 heterocycles. The number of rotatable bonds is 9. The van der Waals surface area contributed by atoms with E-state index in [0.717, 1.165) is 22.8 Å². The van der Waals surface area contributed by atoms with E-state index < -0.39 is 0 Å². The van der Waals surface area contributed by atoms with E-state index in [1.807, 2.05) is 54.6 Å². The van der Waals surface area contributed by atoms with E-state index in [0.29, 0.717) is 29.0 Å². The molecule has 1 saturated heterocycles. The summed E-state index contributed by atoms with van der Waals surface area (Å²) in [4.78, 5) is 14.5. The largest absolute Gasteiger partial charge is 0.497 e. The summed E-state index contributed by atoms with van der Waals surface area (Å²) in [5, 5.41) is 0. The molecule has 0 unspecified atom stereocenters. The van der Waals surface area contributed by atoms with E-state index in [1.54, 1.807) is 18.1 Å². The molecule has 0 atom stereocenters. The molecular formula is C22H21NO4S2. The van der Waals surface area contributed by atoms with Gasteiger partial charge in [-0.2, -0.15) is 0 Å². The summed E-state index contributed by atoms with van der Waals surface area (Å²) in [5.41, 5.74) is 0.908. The number of ether oxygens (including phenoxy) is 3. The zero-order valence-corrected chi connectivity index (χ0v) is 17.6. The van der Waals surface area contributed by atoms with E-state index in [1.165, 1.54) is 11.8 Å². The first-order valence-corrected chi connectivity index (χ1v) is 10.2. The smallest absolute Gasteiger partial charge is 0.266 e. The van der Waals surface area contributed by atoms with Crippen LogP contribution in [0.4, 0.5) is 0 Å². The van der Waals surface area contributed by atoms with Crippen molar-refractivity contribution in [3.8, 4) is 17.2 Å². The van der Waals surface area contributed by atoms with Crippen molar-refractivity contribution in [2.45, 2.75) is 0 Å². The van der Waals surface area contributed by atoms with Crippen LogP contribution in [0.25, 0.3) is 6.08 Å². The van der Waals surface area contributed by atoms with Crippen molar-refractivity contribution in [1.82, 2.24) is 4.90 Å². The van der Waals surface area contributed by atoms with Gasteiger partial charge in [-0.05, 0) is 48.0 Å². The van der Waals surface area contributed by atoms with Crippen LogP contribution < -0.4 is 14.2 Å². The van der Waals surface area contributed by atoms with Gasteiger partial charge in [-0.25, -0.2) is 0 Å². The molecule has 7 heteroatoms. The first-order chi connectivity index (χ1) is 14.1. The molecule has 0 N–H and O–H groups in total. The Morgan fingerprint density at radius 1 is 1.00 bits per heavy atom. The van der Waals surface area contributed by atoms with Gasteiger partial charge in [0.05, 0.1) is 12.0 Å². The minimum atomic E-state index is -0.0871. The Labute approximate surface area is 179 Å². The van der Waals surface area contributed by atoms with Crippen LogP contribution in [0.1, 0.15) is 5.56 Å². The summed E-state index contributed by atoms with van der Waals surface area (Å²) < 4.78 is 17.0. The summed E-state index contributed by atoms with van der Waals surface area (Å²) in [7, 11) is 1.63. The van der Waals surface area contributed by atoms with Gasteiger partial charge >= 0.3 is 0 Å². The molecule has 0 aliphatic carbocycles. The Morgan fingerprint density at radius 3 is 2.10 bits per heavy atom. The Morgan fingerprint density at radius 2 is 1.55 bits per heavy atom. The van der Waals surface area contributed by atoms with Crippen LogP contribution in [0.2, 0.25) is 0 Å². The van der Waals surface area contributed by atoms with E-state index in [-0.39, 0.29) is 5.91 Å². The van der Waals surface area contributed by atoms with Crippen molar-refractivity contribution in [2.24, 2.45) is 0 Å². The number of benzene rings is 2. The van der Waals surface area contributed by atoms with Gasteiger partial charge in [-0.3, -0.25) is 9.69 Å². The van der Waals surface area contributed by atoms with Gasteiger partial charge in [0.25, 0.3) is 5.91 Å². The number of hydrogen-bond acceptors (Lipinski definition) is 6. The molecule has 1 aliphatic heterocycles. The molecule has 0 saturated carbocycles. The summed E-state index contributed by atoms with van der Waals surface area (Å²) in [6, 6.07) is 14.9. The molecule has 3 rings (SSSR count). The van der Waals surface area contributed by atoms with Gasteiger partial charge in [0.1, 0.15) is 34.8 Å². The predicted molar refractivity (Wildman–Crippen MR) is 121 cm³/mol. The number of hydrogen-bond donors (Lipinski definition) is 0. The highest BCUT2D eigenvalue weighted by molar-refractivity contribution is 8.26. The van der Waals surface area contributed by atoms with Crippen LogP contribution in [0.5, 0.6) is 17.2 Å². The van der Waals surface area contributed by atoms with Crippen molar-refractivity contribution in [1.29, 1.82) is 0 Å². The summed E-state index contributed by atoms with van der Waals surface area (Å²) >= 11 is 6.55. The van der Waals surface area contributed by atoms with Crippen molar-refractivity contribution < 1.29 is 19.0 Å². The molecule has 2 aromatic carbocycles. The summed E-state index contributed by atoms with van der Waals surface area (Å²) in [6.45, 7) is 4.93. The van der Waals surface area contributed by atoms with Gasteiger partial charge in [0.2, 0.25) is 0 Å². The first kappa shape index (κ1) is 21.0. The average molecular weight is 428 g/mol. The number of methoxy groups -OCH3 is 1. The van der Waals surface area contributed by atoms with Gasteiger partial charge in [0.15, 0.2) is 0 Å². The molecule has 2 aromatic rings. The quantitative estimate of drug-likeness (QED) is 0.253. The molecule has 0 spiro atoms. The molecule has 1 fully saturated rings. The number of thioether (sulfide) groups is 1. The van der Waals surface area contributed by atoms with Crippen molar-refractivity contribution >= 4 is 40.3 Å². The highest BCUT2D eigenvalue weighted by atomic mass is 32.2. The predicted octanol–water partition coefficient (Wildman–Crippen LogP) is 4.54. The van der Waals surface area contributed by atoms with Crippen LogP contribution in [0, 0.1) is 0 Å². The summed E-state index contributed by atoms with van der Waals surface area (Å²) in [5.74, 6) is 2.20. The third kappa shape index (κ3) is 5.62. The molecule has 150 valence electrons. The minimum absolute atomic E-state index is 0.0871. The summed E-state index contributed by atoms with van der Waals surface area (Å²) in [6.07, 6.45) is 3.50. The Kier molecular flexibility index (Phi) is 7.32. The molecule has 0 aromatic heterocycles. The van der Waals surface area contributed by atoms with E-state index in [9.17, 15) is 4.79 Å². The van der Waals surface area contributed by atoms with E-state index in [4.69, 9.17) is 26.4 Å². The lowest BCUT2D eigenvalue weighted by Crippen LogP contribution is -2.27. The fourth-order valence-electron chi connectivity index (χ4n) is 2.59. The molecule has 0 bridgehead atoms.